The molecule has 0 saturated heterocycles. The van der Waals surface area contributed by atoms with Gasteiger partial charge in [-0.2, -0.15) is 0 Å². The number of pyridine rings is 2. The van der Waals surface area contributed by atoms with E-state index in [1.807, 2.05) is 51.4 Å². The van der Waals surface area contributed by atoms with Crippen molar-refractivity contribution >= 4 is 5.82 Å². The van der Waals surface area contributed by atoms with Crippen LogP contribution in [-0.4, -0.2) is 30.6 Å². The molecule has 0 spiro atoms. The number of hydrogen-bond donors (Lipinski definition) is 3. The summed E-state index contributed by atoms with van der Waals surface area (Å²) in [5.41, 5.74) is 9.91. The molecule has 0 saturated carbocycles. The van der Waals surface area contributed by atoms with Gasteiger partial charge >= 0.3 is 0 Å². The van der Waals surface area contributed by atoms with Gasteiger partial charge < -0.3 is 16.4 Å². The Balaban J connectivity index is 2.20. The number of likely N-dealkylation sites (N-methyl/N-ethyl adjacent to an activating group) is 2. The van der Waals surface area contributed by atoms with Gasteiger partial charge in [0.25, 0.3) is 0 Å². The minimum Gasteiger partial charge on any atom is -0.384 e. The number of nitrogens with one attached hydrogen (secondary N) is 2. The number of rotatable bonds is 6. The number of aromatic nitrogens is 2. The van der Waals surface area contributed by atoms with E-state index in [-0.39, 0.29) is 6.04 Å². The fourth-order valence-electron chi connectivity index (χ4n) is 2.39. The lowest BCUT2D eigenvalue weighted by Crippen LogP contribution is -2.28. The van der Waals surface area contributed by atoms with Gasteiger partial charge in [-0.1, -0.05) is 6.07 Å². The van der Waals surface area contributed by atoms with Gasteiger partial charge in [-0.25, -0.2) is 4.98 Å². The van der Waals surface area contributed by atoms with Gasteiger partial charge in [-0.15, -0.1) is 0 Å². The molecule has 0 aromatic carbocycles. The molecule has 0 aliphatic rings. The number of anilines is 1. The van der Waals surface area contributed by atoms with E-state index in [4.69, 9.17) is 10.7 Å². The average molecular weight is 285 g/mol. The lowest BCUT2D eigenvalue weighted by Gasteiger charge is -2.16. The molecule has 0 radical (unpaired) electrons. The first-order valence-electron chi connectivity index (χ1n) is 7.13. The maximum absolute atomic E-state index is 5.80. The topological polar surface area (TPSA) is 75.9 Å². The predicted molar refractivity (Wildman–Crippen MR) is 86.2 cm³/mol. The van der Waals surface area contributed by atoms with Crippen LogP contribution in [0.4, 0.5) is 5.82 Å². The first-order valence-corrected chi connectivity index (χ1v) is 7.13. The van der Waals surface area contributed by atoms with Crippen molar-refractivity contribution in [3.8, 4) is 0 Å². The van der Waals surface area contributed by atoms with Crippen molar-refractivity contribution in [3.63, 3.8) is 0 Å². The number of nitrogens with zero attached hydrogens (tertiary/aromatic N) is 2. The van der Waals surface area contributed by atoms with Crippen LogP contribution in [0.25, 0.3) is 0 Å². The summed E-state index contributed by atoms with van der Waals surface area (Å²) in [6.07, 6.45) is 0.690. The molecule has 4 N–H and O–H groups in total. The van der Waals surface area contributed by atoms with Gasteiger partial charge in [0.2, 0.25) is 0 Å². The summed E-state index contributed by atoms with van der Waals surface area (Å²) < 4.78 is 0. The lowest BCUT2D eigenvalue weighted by atomic mass is 10.1. The molecule has 0 fully saturated rings. The van der Waals surface area contributed by atoms with Gasteiger partial charge in [0.05, 0.1) is 11.7 Å². The summed E-state index contributed by atoms with van der Waals surface area (Å²) in [6, 6.07) is 10.2. The van der Waals surface area contributed by atoms with Crippen LogP contribution in [0.15, 0.2) is 30.3 Å². The highest BCUT2D eigenvalue weighted by Crippen LogP contribution is 2.14. The first kappa shape index (κ1) is 15.4. The van der Waals surface area contributed by atoms with Gasteiger partial charge in [0.15, 0.2) is 0 Å². The molecule has 0 amide bonds. The van der Waals surface area contributed by atoms with E-state index in [0.717, 1.165) is 29.2 Å². The summed E-state index contributed by atoms with van der Waals surface area (Å²) in [7, 11) is 3.88. The van der Waals surface area contributed by atoms with Crippen LogP contribution in [-0.2, 0) is 6.42 Å². The summed E-state index contributed by atoms with van der Waals surface area (Å²) in [4.78, 5) is 9.10. The Morgan fingerprint density at radius 3 is 2.62 bits per heavy atom. The minimum atomic E-state index is 0.200. The third kappa shape index (κ3) is 4.24. The lowest BCUT2D eigenvalue weighted by molar-refractivity contribution is 0.544. The van der Waals surface area contributed by atoms with Crippen molar-refractivity contribution in [1.82, 2.24) is 20.6 Å². The zero-order valence-corrected chi connectivity index (χ0v) is 12.9. The van der Waals surface area contributed by atoms with Crippen LogP contribution >= 0.6 is 0 Å². The molecule has 5 heteroatoms. The highest BCUT2D eigenvalue weighted by molar-refractivity contribution is 5.35. The molecular weight excluding hydrogens is 262 g/mol. The molecule has 2 aromatic heterocycles. The van der Waals surface area contributed by atoms with Crippen molar-refractivity contribution in [2.75, 3.05) is 26.4 Å². The van der Waals surface area contributed by atoms with Gasteiger partial charge in [0, 0.05) is 24.4 Å². The number of hydrogen-bond acceptors (Lipinski definition) is 5. The Hall–Kier alpha value is -1.98. The smallest absolute Gasteiger partial charge is 0.123 e. The average Bonchev–Trinajstić information content (AvgIpc) is 2.44. The predicted octanol–water partition coefficient (Wildman–Crippen LogP) is 1.44. The highest BCUT2D eigenvalue weighted by Gasteiger charge is 2.10. The van der Waals surface area contributed by atoms with E-state index < -0.39 is 0 Å². The van der Waals surface area contributed by atoms with E-state index in [0.29, 0.717) is 12.2 Å². The van der Waals surface area contributed by atoms with Crippen molar-refractivity contribution in [3.05, 3.63) is 53.0 Å². The second kappa shape index (κ2) is 7.15. The zero-order valence-electron chi connectivity index (χ0n) is 12.9. The van der Waals surface area contributed by atoms with E-state index in [2.05, 4.69) is 15.6 Å². The maximum atomic E-state index is 5.80. The molecule has 1 unspecified atom stereocenters. The quantitative estimate of drug-likeness (QED) is 0.749. The fourth-order valence-corrected chi connectivity index (χ4v) is 2.39. The maximum Gasteiger partial charge on any atom is 0.123 e. The molecule has 2 aromatic rings. The molecule has 5 nitrogen and oxygen atoms in total. The third-order valence-electron chi connectivity index (χ3n) is 3.35. The van der Waals surface area contributed by atoms with E-state index in [1.54, 1.807) is 0 Å². The van der Waals surface area contributed by atoms with Crippen LogP contribution in [0.1, 0.15) is 28.7 Å². The number of nitrogens with two attached hydrogens (primary N) is 1. The Morgan fingerprint density at radius 1 is 1.14 bits per heavy atom. The molecule has 1 atom stereocenters. The summed E-state index contributed by atoms with van der Waals surface area (Å²) >= 11 is 0. The summed E-state index contributed by atoms with van der Waals surface area (Å²) in [5, 5.41) is 6.44. The summed E-state index contributed by atoms with van der Waals surface area (Å²) in [5.74, 6) is 0.560. The fraction of sp³-hybridized carbons (Fsp3) is 0.375. The van der Waals surface area contributed by atoms with Gasteiger partial charge in [-0.3, -0.25) is 4.98 Å². The molecule has 2 heterocycles. The monoisotopic (exact) mass is 285 g/mol. The first-order chi connectivity index (χ1) is 10.1. The van der Waals surface area contributed by atoms with Crippen molar-refractivity contribution < 1.29 is 0 Å². The molecule has 2 rings (SSSR count). The Kier molecular flexibility index (Phi) is 5.25. The zero-order chi connectivity index (χ0) is 15.2. The van der Waals surface area contributed by atoms with Crippen molar-refractivity contribution in [1.29, 1.82) is 0 Å². The second-order valence-electron chi connectivity index (χ2n) is 5.19. The molecule has 0 bridgehead atoms. The Labute approximate surface area is 126 Å². The minimum absolute atomic E-state index is 0.200. The van der Waals surface area contributed by atoms with Crippen molar-refractivity contribution in [2.24, 2.45) is 0 Å². The van der Waals surface area contributed by atoms with E-state index >= 15 is 0 Å². The normalized spacial score (nSPS) is 12.3. The van der Waals surface area contributed by atoms with Crippen LogP contribution in [0.2, 0.25) is 0 Å². The molecule has 0 aliphatic carbocycles. The highest BCUT2D eigenvalue weighted by atomic mass is 15.0. The largest absolute Gasteiger partial charge is 0.384 e. The van der Waals surface area contributed by atoms with E-state index in [1.165, 1.54) is 0 Å². The number of nitrogen functional groups attached to an aromatic ring is 1. The van der Waals surface area contributed by atoms with Crippen LogP contribution in [0, 0.1) is 6.92 Å². The Bertz CT molecular complexity index is 577. The van der Waals surface area contributed by atoms with Crippen molar-refractivity contribution in [2.45, 2.75) is 19.4 Å². The molecule has 0 aliphatic heterocycles. The second-order valence-corrected chi connectivity index (χ2v) is 5.19. The summed E-state index contributed by atoms with van der Waals surface area (Å²) in [6.45, 7) is 2.86. The molecule has 21 heavy (non-hydrogen) atoms. The van der Waals surface area contributed by atoms with Crippen LogP contribution in [0.3, 0.4) is 0 Å². The number of aryl methyl sites for hydroxylation is 1. The third-order valence-corrected chi connectivity index (χ3v) is 3.35. The Morgan fingerprint density at radius 2 is 1.95 bits per heavy atom. The molecular formula is C16H23N5. The van der Waals surface area contributed by atoms with Gasteiger partial charge in [0.1, 0.15) is 5.82 Å². The van der Waals surface area contributed by atoms with Crippen LogP contribution < -0.4 is 16.4 Å². The SMILES string of the molecule is CNCC(NC)c1cccc(Cc2cc(C)cc(N)n2)n1. The van der Waals surface area contributed by atoms with E-state index in [9.17, 15) is 0 Å². The van der Waals surface area contributed by atoms with Gasteiger partial charge in [-0.05, 0) is 50.8 Å². The molecule has 112 valence electrons. The van der Waals surface area contributed by atoms with Crippen LogP contribution in [0.5, 0.6) is 0 Å². The standard InChI is InChI=1S/C16H23N5/c1-11-7-13(21-16(17)8-11)9-12-5-4-6-14(20-12)15(19-3)10-18-2/h4-8,15,18-19H,9-10H2,1-3H3,(H2,17,21).